The van der Waals surface area contributed by atoms with Gasteiger partial charge in [0.15, 0.2) is 5.76 Å². The molecule has 2 saturated heterocycles. The van der Waals surface area contributed by atoms with Crippen LogP contribution < -0.4 is 0 Å². The summed E-state index contributed by atoms with van der Waals surface area (Å²) in [6.07, 6.45) is 1.81. The number of ether oxygens (including phenoxy) is 1. The highest BCUT2D eigenvalue weighted by Gasteiger charge is 2.46. The number of nitrogens with zero attached hydrogens (tertiary/aromatic N) is 4. The van der Waals surface area contributed by atoms with Crippen molar-refractivity contribution >= 4 is 23.1 Å². The first-order valence-electron chi connectivity index (χ1n) is 12.0. The Bertz CT molecular complexity index is 1320. The minimum atomic E-state index is -0.675. The first-order valence-corrected chi connectivity index (χ1v) is 12.0. The number of aromatic nitrogens is 2. The van der Waals surface area contributed by atoms with Gasteiger partial charge in [-0.1, -0.05) is 35.9 Å². The third-order valence-corrected chi connectivity index (χ3v) is 6.94. The van der Waals surface area contributed by atoms with E-state index in [1.165, 1.54) is 0 Å². The van der Waals surface area contributed by atoms with E-state index < -0.39 is 17.7 Å². The Morgan fingerprint density at radius 1 is 1.06 bits per heavy atom. The number of benzene rings is 1. The molecule has 1 aromatic carbocycles. The van der Waals surface area contributed by atoms with Gasteiger partial charge in [-0.25, -0.2) is 4.98 Å². The van der Waals surface area contributed by atoms with Crippen molar-refractivity contribution in [2.75, 3.05) is 39.4 Å². The minimum Gasteiger partial charge on any atom is -0.505 e. The van der Waals surface area contributed by atoms with Crippen molar-refractivity contribution < 1.29 is 19.4 Å². The molecule has 4 heterocycles. The SMILES string of the molecule is Cc1ccc([C@@H]2/C(=C(\O)c3c(C)nc4c(C)cccn34)C(=O)C(=O)N2CCN2CCOCC2)cc1. The number of ketones is 1. The molecule has 1 amide bonds. The molecule has 2 fully saturated rings. The highest BCUT2D eigenvalue weighted by Crippen LogP contribution is 2.40. The molecule has 0 bridgehead atoms. The van der Waals surface area contributed by atoms with Crippen LogP contribution in [-0.2, 0) is 14.3 Å². The van der Waals surface area contributed by atoms with E-state index in [2.05, 4.69) is 9.88 Å². The van der Waals surface area contributed by atoms with Crippen molar-refractivity contribution in [2.45, 2.75) is 26.8 Å². The van der Waals surface area contributed by atoms with Crippen LogP contribution in [-0.4, -0.2) is 75.4 Å². The number of fused-ring (bicyclic) bond motifs is 1. The molecule has 1 N–H and O–H groups in total. The Morgan fingerprint density at radius 3 is 2.49 bits per heavy atom. The number of Topliss-reactive ketones (excluding diaryl/α,β-unsaturated/α-hetero) is 1. The number of rotatable bonds is 5. The zero-order valence-electron chi connectivity index (χ0n) is 20.3. The van der Waals surface area contributed by atoms with Crippen LogP contribution in [0.25, 0.3) is 11.4 Å². The molecule has 0 saturated carbocycles. The molecule has 2 aliphatic rings. The molecule has 2 aliphatic heterocycles. The lowest BCUT2D eigenvalue weighted by molar-refractivity contribution is -0.140. The van der Waals surface area contributed by atoms with Crippen LogP contribution in [0.5, 0.6) is 0 Å². The van der Waals surface area contributed by atoms with Gasteiger partial charge >= 0.3 is 0 Å². The summed E-state index contributed by atoms with van der Waals surface area (Å²) in [6, 6.07) is 10.9. The summed E-state index contributed by atoms with van der Waals surface area (Å²) in [4.78, 5) is 35.1. The second-order valence-corrected chi connectivity index (χ2v) is 9.29. The van der Waals surface area contributed by atoms with Gasteiger partial charge in [0.2, 0.25) is 0 Å². The summed E-state index contributed by atoms with van der Waals surface area (Å²) < 4.78 is 7.22. The maximum atomic E-state index is 13.4. The number of aliphatic hydroxyl groups excluding tert-OH is 1. The van der Waals surface area contributed by atoms with Gasteiger partial charge in [-0.05, 0) is 38.0 Å². The van der Waals surface area contributed by atoms with Crippen molar-refractivity contribution in [2.24, 2.45) is 0 Å². The summed E-state index contributed by atoms with van der Waals surface area (Å²) in [7, 11) is 0. The van der Waals surface area contributed by atoms with Crippen molar-refractivity contribution in [1.29, 1.82) is 0 Å². The Labute approximate surface area is 204 Å². The fourth-order valence-corrected chi connectivity index (χ4v) is 5.01. The Kier molecular flexibility index (Phi) is 6.17. The molecule has 0 aliphatic carbocycles. The lowest BCUT2D eigenvalue weighted by atomic mass is 9.95. The fraction of sp³-hybridized carbons (Fsp3) is 0.370. The maximum Gasteiger partial charge on any atom is 0.295 e. The summed E-state index contributed by atoms with van der Waals surface area (Å²) in [6.45, 7) is 9.65. The van der Waals surface area contributed by atoms with Gasteiger partial charge < -0.3 is 14.7 Å². The van der Waals surface area contributed by atoms with Crippen LogP contribution in [0.15, 0.2) is 48.2 Å². The van der Waals surface area contributed by atoms with E-state index in [-0.39, 0.29) is 11.3 Å². The minimum absolute atomic E-state index is 0.104. The lowest BCUT2D eigenvalue weighted by Crippen LogP contribution is -2.42. The zero-order chi connectivity index (χ0) is 24.7. The van der Waals surface area contributed by atoms with Gasteiger partial charge in [0.25, 0.3) is 11.7 Å². The Balaban J connectivity index is 1.62. The van der Waals surface area contributed by atoms with Crippen molar-refractivity contribution in [3.63, 3.8) is 0 Å². The topological polar surface area (TPSA) is 87.4 Å². The molecule has 5 rings (SSSR count). The van der Waals surface area contributed by atoms with Gasteiger partial charge in [0, 0.05) is 32.4 Å². The van der Waals surface area contributed by atoms with Gasteiger partial charge in [0.05, 0.1) is 30.5 Å². The molecule has 2 aromatic heterocycles. The smallest absolute Gasteiger partial charge is 0.295 e. The number of pyridine rings is 1. The molecule has 1 atom stereocenters. The number of likely N-dealkylation sites (tertiary alicyclic amines) is 1. The van der Waals surface area contributed by atoms with Crippen molar-refractivity contribution in [1.82, 2.24) is 19.2 Å². The van der Waals surface area contributed by atoms with Crippen LogP contribution in [0.1, 0.15) is 34.1 Å². The van der Waals surface area contributed by atoms with E-state index in [4.69, 9.17) is 4.74 Å². The number of morpholine rings is 1. The first kappa shape index (κ1) is 23.3. The average Bonchev–Trinajstić information content (AvgIpc) is 3.33. The maximum absolute atomic E-state index is 13.4. The highest BCUT2D eigenvalue weighted by atomic mass is 16.5. The van der Waals surface area contributed by atoms with E-state index in [9.17, 15) is 14.7 Å². The van der Waals surface area contributed by atoms with E-state index >= 15 is 0 Å². The monoisotopic (exact) mass is 474 g/mol. The van der Waals surface area contributed by atoms with Crippen molar-refractivity contribution in [3.05, 3.63) is 76.2 Å². The van der Waals surface area contributed by atoms with E-state index in [0.717, 1.165) is 29.8 Å². The Hall–Kier alpha value is -3.49. The van der Waals surface area contributed by atoms with Crippen LogP contribution in [0.3, 0.4) is 0 Å². The number of hydrogen-bond donors (Lipinski definition) is 1. The van der Waals surface area contributed by atoms with Crippen LogP contribution in [0.2, 0.25) is 0 Å². The molecule has 0 radical (unpaired) electrons. The van der Waals surface area contributed by atoms with Gasteiger partial charge in [-0.15, -0.1) is 0 Å². The molecule has 3 aromatic rings. The molecular weight excluding hydrogens is 444 g/mol. The van der Waals surface area contributed by atoms with E-state index in [1.807, 2.05) is 56.4 Å². The van der Waals surface area contributed by atoms with E-state index in [0.29, 0.717) is 43.3 Å². The molecule has 8 heteroatoms. The van der Waals surface area contributed by atoms with Crippen LogP contribution in [0, 0.1) is 20.8 Å². The number of aliphatic hydroxyl groups is 1. The fourth-order valence-electron chi connectivity index (χ4n) is 5.01. The Morgan fingerprint density at radius 2 is 1.77 bits per heavy atom. The zero-order valence-corrected chi connectivity index (χ0v) is 20.3. The molecule has 35 heavy (non-hydrogen) atoms. The predicted octanol–water partition coefficient (Wildman–Crippen LogP) is 3.01. The van der Waals surface area contributed by atoms with Crippen LogP contribution in [0.4, 0.5) is 0 Å². The predicted molar refractivity (Wildman–Crippen MR) is 132 cm³/mol. The second-order valence-electron chi connectivity index (χ2n) is 9.29. The number of imidazole rings is 1. The number of aryl methyl sites for hydroxylation is 3. The summed E-state index contributed by atoms with van der Waals surface area (Å²) in [5.41, 5.74) is 4.67. The molecule has 0 spiro atoms. The molecule has 0 unspecified atom stereocenters. The summed E-state index contributed by atoms with van der Waals surface area (Å²) >= 11 is 0. The number of hydrogen-bond acceptors (Lipinski definition) is 6. The number of carbonyl (C=O) groups is 2. The highest BCUT2D eigenvalue weighted by molar-refractivity contribution is 6.46. The van der Waals surface area contributed by atoms with Gasteiger partial charge in [-0.3, -0.25) is 18.9 Å². The molecular formula is C27H30N4O4. The largest absolute Gasteiger partial charge is 0.505 e. The normalized spacial score (nSPS) is 20.8. The van der Waals surface area contributed by atoms with E-state index in [1.54, 1.807) is 16.2 Å². The molecule has 8 nitrogen and oxygen atoms in total. The molecule has 182 valence electrons. The summed E-state index contributed by atoms with van der Waals surface area (Å²) in [5, 5.41) is 11.6. The number of amides is 1. The quantitative estimate of drug-likeness (QED) is 0.348. The van der Waals surface area contributed by atoms with Gasteiger partial charge in [0.1, 0.15) is 11.3 Å². The third kappa shape index (κ3) is 4.13. The van der Waals surface area contributed by atoms with Crippen molar-refractivity contribution in [3.8, 4) is 0 Å². The second kappa shape index (κ2) is 9.28. The van der Waals surface area contributed by atoms with Gasteiger partial charge in [-0.2, -0.15) is 0 Å². The lowest BCUT2D eigenvalue weighted by Gasteiger charge is -2.31. The standard InChI is InChI=1S/C27H30N4O4/c1-17-6-8-20(9-7-17)23-21(24(32)22-19(3)28-26-18(2)5-4-10-30(22)26)25(33)27(34)31(23)12-11-29-13-15-35-16-14-29/h4-10,23,32H,11-16H2,1-3H3/b24-21+/t23-/m1/s1. The van der Waals surface area contributed by atoms with Crippen LogP contribution >= 0.6 is 0 Å². The number of carbonyl (C=O) groups excluding carboxylic acids is 2. The summed E-state index contributed by atoms with van der Waals surface area (Å²) in [5.74, 6) is -1.46. The average molecular weight is 475 g/mol. The third-order valence-electron chi connectivity index (χ3n) is 6.94. The first-order chi connectivity index (χ1) is 16.9.